The van der Waals surface area contributed by atoms with E-state index in [4.69, 9.17) is 10.5 Å². The monoisotopic (exact) mass is 347 g/mol. The Morgan fingerprint density at radius 1 is 1.40 bits per heavy atom. The van der Waals surface area contributed by atoms with E-state index < -0.39 is 5.91 Å². The van der Waals surface area contributed by atoms with Crippen molar-refractivity contribution in [3.05, 3.63) is 40.8 Å². The molecular formula is C17H22FN5O2. The summed E-state index contributed by atoms with van der Waals surface area (Å²) in [6, 6.07) is 4.71. The fourth-order valence-corrected chi connectivity index (χ4v) is 2.70. The summed E-state index contributed by atoms with van der Waals surface area (Å²) in [4.78, 5) is 23.0. The maximum atomic E-state index is 13.4. The molecular weight excluding hydrogens is 325 g/mol. The summed E-state index contributed by atoms with van der Waals surface area (Å²) >= 11 is 0. The lowest BCUT2D eigenvalue weighted by atomic mass is 10.0. The first-order valence-electron chi connectivity index (χ1n) is 7.84. The maximum Gasteiger partial charge on any atom is 0.252 e. The number of carbonyl (C=O) groups is 2. The zero-order chi connectivity index (χ0) is 18.6. The molecule has 1 aliphatic heterocycles. The molecule has 1 aliphatic rings. The van der Waals surface area contributed by atoms with Crippen molar-refractivity contribution in [2.45, 2.75) is 20.0 Å². The molecule has 0 saturated heterocycles. The molecule has 8 heteroatoms. The predicted molar refractivity (Wildman–Crippen MR) is 92.3 cm³/mol. The zero-order valence-electron chi connectivity index (χ0n) is 14.5. The van der Waals surface area contributed by atoms with Gasteiger partial charge in [-0.2, -0.15) is 5.10 Å². The van der Waals surface area contributed by atoms with Crippen LogP contribution in [-0.4, -0.2) is 47.6 Å². The zero-order valence-corrected chi connectivity index (χ0v) is 14.5. The number of halogens is 1. The lowest BCUT2D eigenvalue weighted by Gasteiger charge is -2.23. The molecule has 0 unspecified atom stereocenters. The third-order valence-electron chi connectivity index (χ3n) is 3.97. The van der Waals surface area contributed by atoms with Gasteiger partial charge in [0.2, 0.25) is 6.41 Å². The average molecular weight is 347 g/mol. The van der Waals surface area contributed by atoms with Crippen LogP contribution < -0.4 is 11.1 Å². The van der Waals surface area contributed by atoms with Gasteiger partial charge in [0.1, 0.15) is 11.5 Å². The van der Waals surface area contributed by atoms with Gasteiger partial charge in [0, 0.05) is 25.7 Å². The SMILES string of the molecule is CNC=O.Cc1cc(-c2nn3c(c2C(N)=O)CN(C)CC3)ccc1F. The summed E-state index contributed by atoms with van der Waals surface area (Å²) in [5.74, 6) is -0.772. The summed E-state index contributed by atoms with van der Waals surface area (Å²) in [6.07, 6.45) is 0.625. The normalized spacial score (nSPS) is 13.4. The average Bonchev–Trinajstić information content (AvgIpc) is 2.96. The van der Waals surface area contributed by atoms with Crippen LogP contribution in [-0.2, 0) is 17.9 Å². The molecule has 0 saturated carbocycles. The summed E-state index contributed by atoms with van der Waals surface area (Å²) in [6.45, 7) is 3.90. The Kier molecular flexibility index (Phi) is 5.87. The Hall–Kier alpha value is -2.74. The molecule has 2 heterocycles. The number of amides is 2. The van der Waals surface area contributed by atoms with Crippen LogP contribution >= 0.6 is 0 Å². The lowest BCUT2D eigenvalue weighted by Crippen LogP contribution is -2.32. The van der Waals surface area contributed by atoms with Gasteiger partial charge >= 0.3 is 0 Å². The van der Waals surface area contributed by atoms with Crippen molar-refractivity contribution in [3.8, 4) is 11.3 Å². The summed E-state index contributed by atoms with van der Waals surface area (Å²) in [7, 11) is 3.55. The molecule has 1 aromatic carbocycles. The predicted octanol–water partition coefficient (Wildman–Crippen LogP) is 0.904. The number of aromatic nitrogens is 2. The van der Waals surface area contributed by atoms with Crippen LogP contribution in [0.5, 0.6) is 0 Å². The van der Waals surface area contributed by atoms with Crippen molar-refractivity contribution in [1.29, 1.82) is 0 Å². The van der Waals surface area contributed by atoms with Crippen molar-refractivity contribution in [2.75, 3.05) is 20.6 Å². The molecule has 25 heavy (non-hydrogen) atoms. The second-order valence-corrected chi connectivity index (χ2v) is 5.87. The van der Waals surface area contributed by atoms with E-state index in [-0.39, 0.29) is 5.82 Å². The van der Waals surface area contributed by atoms with Gasteiger partial charge in [-0.3, -0.25) is 19.2 Å². The number of benzene rings is 1. The number of hydrogen-bond acceptors (Lipinski definition) is 4. The topological polar surface area (TPSA) is 93.2 Å². The van der Waals surface area contributed by atoms with Gasteiger partial charge < -0.3 is 11.1 Å². The van der Waals surface area contributed by atoms with Crippen LogP contribution in [0, 0.1) is 12.7 Å². The van der Waals surface area contributed by atoms with Crippen LogP contribution in [0.15, 0.2) is 18.2 Å². The van der Waals surface area contributed by atoms with Gasteiger partial charge in [-0.05, 0) is 37.7 Å². The minimum absolute atomic E-state index is 0.275. The highest BCUT2D eigenvalue weighted by atomic mass is 19.1. The Labute approximate surface area is 145 Å². The number of nitrogens with two attached hydrogens (primary N) is 1. The molecule has 0 spiro atoms. The van der Waals surface area contributed by atoms with E-state index in [0.717, 1.165) is 12.2 Å². The van der Waals surface area contributed by atoms with Crippen molar-refractivity contribution in [3.63, 3.8) is 0 Å². The second-order valence-electron chi connectivity index (χ2n) is 5.87. The van der Waals surface area contributed by atoms with Gasteiger partial charge in [0.15, 0.2) is 0 Å². The Morgan fingerprint density at radius 2 is 2.08 bits per heavy atom. The van der Waals surface area contributed by atoms with E-state index >= 15 is 0 Å². The summed E-state index contributed by atoms with van der Waals surface area (Å²) in [5, 5.41) is 6.76. The maximum absolute atomic E-state index is 13.4. The van der Waals surface area contributed by atoms with Gasteiger partial charge in [0.25, 0.3) is 5.91 Å². The molecule has 134 valence electrons. The van der Waals surface area contributed by atoms with Gasteiger partial charge in [-0.15, -0.1) is 0 Å². The quantitative estimate of drug-likeness (QED) is 0.807. The number of primary amides is 1. The van der Waals surface area contributed by atoms with Crippen LogP contribution in [0.4, 0.5) is 4.39 Å². The highest BCUT2D eigenvalue weighted by Gasteiger charge is 2.26. The summed E-state index contributed by atoms with van der Waals surface area (Å²) in [5.41, 5.74) is 8.59. The van der Waals surface area contributed by atoms with E-state index in [1.807, 2.05) is 11.7 Å². The van der Waals surface area contributed by atoms with Crippen LogP contribution in [0.25, 0.3) is 11.3 Å². The number of rotatable bonds is 3. The molecule has 0 aliphatic carbocycles. The first-order valence-corrected chi connectivity index (χ1v) is 7.84. The Morgan fingerprint density at radius 3 is 2.64 bits per heavy atom. The fourth-order valence-electron chi connectivity index (χ4n) is 2.70. The van der Waals surface area contributed by atoms with E-state index in [1.54, 1.807) is 26.1 Å². The molecule has 0 radical (unpaired) electrons. The molecule has 2 aromatic rings. The largest absolute Gasteiger partial charge is 0.365 e. The second kappa shape index (κ2) is 7.89. The first-order chi connectivity index (χ1) is 11.9. The van der Waals surface area contributed by atoms with Crippen LogP contribution in [0.1, 0.15) is 21.6 Å². The van der Waals surface area contributed by atoms with Crippen molar-refractivity contribution in [2.24, 2.45) is 5.73 Å². The van der Waals surface area contributed by atoms with E-state index in [0.29, 0.717) is 41.9 Å². The molecule has 3 N–H and O–H groups in total. The minimum atomic E-state index is -0.497. The molecule has 0 atom stereocenters. The number of carbonyl (C=O) groups excluding carboxylic acids is 2. The van der Waals surface area contributed by atoms with Crippen molar-refractivity contribution >= 4 is 12.3 Å². The van der Waals surface area contributed by atoms with Gasteiger partial charge in [-0.1, -0.05) is 0 Å². The van der Waals surface area contributed by atoms with Crippen LogP contribution in [0.3, 0.4) is 0 Å². The van der Waals surface area contributed by atoms with E-state index in [2.05, 4.69) is 15.3 Å². The minimum Gasteiger partial charge on any atom is -0.365 e. The smallest absolute Gasteiger partial charge is 0.252 e. The fraction of sp³-hybridized carbons (Fsp3) is 0.353. The number of nitrogens with zero attached hydrogens (tertiary/aromatic N) is 3. The summed E-state index contributed by atoms with van der Waals surface area (Å²) < 4.78 is 15.3. The third-order valence-corrected chi connectivity index (χ3v) is 3.97. The van der Waals surface area contributed by atoms with Crippen molar-refractivity contribution < 1.29 is 14.0 Å². The first kappa shape index (κ1) is 18.6. The molecule has 7 nitrogen and oxygen atoms in total. The highest BCUT2D eigenvalue weighted by molar-refractivity contribution is 6.00. The number of aryl methyl sites for hydroxylation is 1. The van der Waals surface area contributed by atoms with Gasteiger partial charge in [-0.25, -0.2) is 4.39 Å². The molecule has 3 rings (SSSR count). The van der Waals surface area contributed by atoms with E-state index in [1.165, 1.54) is 6.07 Å². The van der Waals surface area contributed by atoms with Crippen LogP contribution in [0.2, 0.25) is 0 Å². The molecule has 1 aromatic heterocycles. The number of likely N-dealkylation sites (N-methyl/N-ethyl adjacent to an activating group) is 1. The number of nitrogens with one attached hydrogen (secondary N) is 1. The van der Waals surface area contributed by atoms with E-state index in [9.17, 15) is 9.18 Å². The van der Waals surface area contributed by atoms with Crippen molar-refractivity contribution in [1.82, 2.24) is 20.0 Å². The lowest BCUT2D eigenvalue weighted by molar-refractivity contribution is -0.109. The third kappa shape index (κ3) is 4.03. The number of fused-ring (bicyclic) bond motifs is 1. The standard InChI is InChI=1S/C15H17FN4O.C2H5NO/c1-9-7-10(3-4-11(9)16)14-13(15(17)21)12-8-19(2)5-6-20(12)18-14;1-3-2-4/h3-4,7H,5-6,8H2,1-2H3,(H2,17,21);2H,1H3,(H,3,4). The molecule has 0 fully saturated rings. The molecule has 0 bridgehead atoms. The molecule has 2 amide bonds. The number of hydrogen-bond donors (Lipinski definition) is 2. The highest BCUT2D eigenvalue weighted by Crippen LogP contribution is 2.28. The van der Waals surface area contributed by atoms with Gasteiger partial charge in [0.05, 0.1) is 17.8 Å². The Bertz CT molecular complexity index is 788. The Balaban J connectivity index is 0.000000511.